The SMILES string of the molecule is COc1ccc2[nH]c(C)c(CC[N+](=O)C34CC5CC(CC(C5)C3)C4)c2c1. The van der Waals surface area contributed by atoms with E-state index in [1.165, 1.54) is 40.7 Å². The molecule has 0 amide bonds. The summed E-state index contributed by atoms with van der Waals surface area (Å²) < 4.78 is 6.89. The van der Waals surface area contributed by atoms with Crippen LogP contribution in [0.1, 0.15) is 49.8 Å². The number of hydrogen-bond acceptors (Lipinski definition) is 2. The molecule has 0 unspecified atom stereocenters. The fourth-order valence-corrected chi connectivity index (χ4v) is 6.63. The molecular formula is C22H29N2O2+. The lowest BCUT2D eigenvalue weighted by Crippen LogP contribution is -2.56. The third-order valence-electron chi connectivity index (χ3n) is 7.43. The summed E-state index contributed by atoms with van der Waals surface area (Å²) in [6.45, 7) is 2.72. The van der Waals surface area contributed by atoms with Crippen LogP contribution in [0.4, 0.5) is 0 Å². The van der Waals surface area contributed by atoms with Crippen molar-refractivity contribution in [1.82, 2.24) is 4.98 Å². The Kier molecular flexibility index (Phi) is 3.67. The number of ether oxygens (including phenoxy) is 1. The maximum atomic E-state index is 13.2. The van der Waals surface area contributed by atoms with E-state index in [1.807, 2.05) is 6.07 Å². The molecule has 1 aromatic heterocycles. The van der Waals surface area contributed by atoms with Crippen LogP contribution in [0.5, 0.6) is 5.75 Å². The minimum Gasteiger partial charge on any atom is -0.497 e. The van der Waals surface area contributed by atoms with Crippen LogP contribution in [0.15, 0.2) is 18.2 Å². The molecule has 4 heteroatoms. The van der Waals surface area contributed by atoms with Crippen molar-refractivity contribution in [2.75, 3.05) is 13.7 Å². The Bertz CT molecular complexity index is 831. The maximum Gasteiger partial charge on any atom is 0.211 e. The lowest BCUT2D eigenvalue weighted by atomic mass is 9.53. The van der Waals surface area contributed by atoms with Crippen LogP contribution in [0, 0.1) is 29.6 Å². The Balaban J connectivity index is 1.37. The zero-order chi connectivity index (χ0) is 17.9. The first-order chi connectivity index (χ1) is 12.6. The van der Waals surface area contributed by atoms with Gasteiger partial charge in [-0.25, -0.2) is 0 Å². The van der Waals surface area contributed by atoms with Gasteiger partial charge in [-0.3, -0.25) is 0 Å². The molecule has 1 aromatic carbocycles. The molecule has 0 atom stereocenters. The Labute approximate surface area is 154 Å². The summed E-state index contributed by atoms with van der Waals surface area (Å²) in [6.07, 6.45) is 8.39. The third-order valence-corrected chi connectivity index (χ3v) is 7.43. The number of nitrogens with one attached hydrogen (secondary N) is 1. The molecule has 4 nitrogen and oxygen atoms in total. The molecule has 1 heterocycles. The van der Waals surface area contributed by atoms with Gasteiger partial charge in [-0.15, -0.1) is 0 Å². The van der Waals surface area contributed by atoms with Crippen molar-refractivity contribution in [3.8, 4) is 5.75 Å². The van der Waals surface area contributed by atoms with E-state index < -0.39 is 0 Å². The second kappa shape index (κ2) is 5.83. The van der Waals surface area contributed by atoms with Crippen molar-refractivity contribution in [3.63, 3.8) is 0 Å². The molecule has 4 aliphatic rings. The average Bonchev–Trinajstić information content (AvgIpc) is 2.92. The van der Waals surface area contributed by atoms with Crippen LogP contribution in [0.25, 0.3) is 10.9 Å². The monoisotopic (exact) mass is 353 g/mol. The normalized spacial score (nSPS) is 32.3. The minimum absolute atomic E-state index is 0.0492. The van der Waals surface area contributed by atoms with E-state index in [0.717, 1.165) is 54.7 Å². The molecule has 0 radical (unpaired) electrons. The van der Waals surface area contributed by atoms with E-state index in [9.17, 15) is 4.91 Å². The molecule has 0 aliphatic heterocycles. The Morgan fingerprint density at radius 2 is 1.81 bits per heavy atom. The van der Waals surface area contributed by atoms with E-state index in [-0.39, 0.29) is 5.54 Å². The number of fused-ring (bicyclic) bond motifs is 1. The highest BCUT2D eigenvalue weighted by molar-refractivity contribution is 5.86. The summed E-state index contributed by atoms with van der Waals surface area (Å²) in [6, 6.07) is 6.14. The number of benzene rings is 1. The highest BCUT2D eigenvalue weighted by atomic mass is 16.5. The molecule has 26 heavy (non-hydrogen) atoms. The number of nitroso groups, excluding NO2 is 1. The summed E-state index contributed by atoms with van der Waals surface area (Å²) >= 11 is 0. The second-order valence-electron chi connectivity index (χ2n) is 9.13. The van der Waals surface area contributed by atoms with Gasteiger partial charge in [-0.1, -0.05) is 0 Å². The fourth-order valence-electron chi connectivity index (χ4n) is 6.63. The maximum absolute atomic E-state index is 13.2. The second-order valence-corrected chi connectivity index (χ2v) is 9.13. The van der Waals surface area contributed by atoms with Crippen molar-refractivity contribution in [1.29, 1.82) is 0 Å². The highest BCUT2D eigenvalue weighted by Crippen LogP contribution is 2.56. The highest BCUT2D eigenvalue weighted by Gasteiger charge is 2.59. The molecule has 138 valence electrons. The summed E-state index contributed by atoms with van der Waals surface area (Å²) in [7, 11) is 1.70. The van der Waals surface area contributed by atoms with Crippen LogP contribution < -0.4 is 4.74 Å². The Morgan fingerprint density at radius 1 is 1.15 bits per heavy atom. The first kappa shape index (κ1) is 16.3. The molecule has 4 saturated carbocycles. The number of methoxy groups -OCH3 is 1. The summed E-state index contributed by atoms with van der Waals surface area (Å²) in [4.78, 5) is 16.7. The summed E-state index contributed by atoms with van der Waals surface area (Å²) in [5.41, 5.74) is 3.52. The standard InChI is InChI=1S/C22H29N2O2/c1-14-19(20-10-18(26-2)3-4-21(20)23-14)5-6-24(25)22-11-15-7-16(12-22)9-17(8-15)13-22/h3-4,10,15-17,23H,5-9,11-13H2,1-2H3/q+1. The first-order valence-electron chi connectivity index (χ1n) is 10.2. The zero-order valence-electron chi connectivity index (χ0n) is 15.9. The number of rotatable bonds is 5. The Morgan fingerprint density at radius 3 is 2.42 bits per heavy atom. The molecule has 2 aromatic rings. The molecule has 4 bridgehead atoms. The molecular weight excluding hydrogens is 324 g/mol. The van der Waals surface area contributed by atoms with Crippen molar-refractivity contribution in [2.45, 2.75) is 57.4 Å². The summed E-state index contributed by atoms with van der Waals surface area (Å²) in [5.74, 6) is 3.32. The number of aromatic amines is 1. The van der Waals surface area contributed by atoms with Gasteiger partial charge in [0.05, 0.1) is 7.11 Å². The quantitative estimate of drug-likeness (QED) is 0.787. The largest absolute Gasteiger partial charge is 0.497 e. The van der Waals surface area contributed by atoms with Gasteiger partial charge in [-0.2, -0.15) is 0 Å². The van der Waals surface area contributed by atoms with Crippen LogP contribution in [0.3, 0.4) is 0 Å². The van der Waals surface area contributed by atoms with Gasteiger partial charge in [0, 0.05) is 51.9 Å². The van der Waals surface area contributed by atoms with E-state index in [0.29, 0.717) is 6.54 Å². The van der Waals surface area contributed by atoms with Gasteiger partial charge < -0.3 is 9.72 Å². The van der Waals surface area contributed by atoms with Crippen LogP contribution >= 0.6 is 0 Å². The van der Waals surface area contributed by atoms with Crippen LogP contribution in [-0.2, 0) is 6.42 Å². The average molecular weight is 353 g/mol. The van der Waals surface area contributed by atoms with Gasteiger partial charge in [-0.05, 0) is 67.7 Å². The third kappa shape index (κ3) is 2.49. The van der Waals surface area contributed by atoms with E-state index in [4.69, 9.17) is 4.74 Å². The van der Waals surface area contributed by atoms with Gasteiger partial charge in [0.1, 0.15) is 5.75 Å². The summed E-state index contributed by atoms with van der Waals surface area (Å²) in [5, 5.41) is 1.20. The number of aromatic nitrogens is 1. The molecule has 1 N–H and O–H groups in total. The van der Waals surface area contributed by atoms with Gasteiger partial charge in [0.2, 0.25) is 5.54 Å². The molecule has 4 aliphatic carbocycles. The van der Waals surface area contributed by atoms with Crippen LogP contribution in [0.2, 0.25) is 0 Å². The van der Waals surface area contributed by atoms with Crippen molar-refractivity contribution < 1.29 is 9.50 Å². The number of H-pyrrole nitrogens is 1. The smallest absolute Gasteiger partial charge is 0.211 e. The lowest BCUT2D eigenvalue weighted by Gasteiger charge is -2.51. The number of nitrogens with zero attached hydrogens (tertiary/aromatic N) is 1. The molecule has 6 rings (SSSR count). The van der Waals surface area contributed by atoms with Crippen molar-refractivity contribution >= 4 is 10.9 Å². The fraction of sp³-hybridized carbons (Fsp3) is 0.636. The van der Waals surface area contributed by atoms with E-state index >= 15 is 0 Å². The van der Waals surface area contributed by atoms with Crippen molar-refractivity contribution in [2.24, 2.45) is 17.8 Å². The molecule has 4 fully saturated rings. The zero-order valence-corrected chi connectivity index (χ0v) is 15.9. The van der Waals surface area contributed by atoms with Gasteiger partial charge >= 0.3 is 0 Å². The molecule has 0 saturated heterocycles. The molecule has 0 spiro atoms. The van der Waals surface area contributed by atoms with E-state index in [2.05, 4.69) is 24.0 Å². The number of hydrogen-bond donors (Lipinski definition) is 1. The predicted octanol–water partition coefficient (Wildman–Crippen LogP) is 4.78. The lowest BCUT2D eigenvalue weighted by molar-refractivity contribution is -0.642. The van der Waals surface area contributed by atoms with Gasteiger partial charge in [0.25, 0.3) is 0 Å². The predicted molar refractivity (Wildman–Crippen MR) is 103 cm³/mol. The number of aryl methyl sites for hydroxylation is 1. The van der Waals surface area contributed by atoms with Crippen LogP contribution in [-0.4, -0.2) is 28.9 Å². The topological polar surface area (TPSA) is 45.1 Å². The minimum atomic E-state index is -0.0492. The van der Waals surface area contributed by atoms with Crippen molar-refractivity contribution in [3.05, 3.63) is 34.4 Å². The first-order valence-corrected chi connectivity index (χ1v) is 10.2. The van der Waals surface area contributed by atoms with Gasteiger partial charge in [0.15, 0.2) is 6.54 Å². The van der Waals surface area contributed by atoms with E-state index in [1.54, 1.807) is 7.11 Å². The Hall–Kier alpha value is -1.84.